The van der Waals surface area contributed by atoms with E-state index in [0.717, 1.165) is 49.5 Å². The van der Waals surface area contributed by atoms with Gasteiger partial charge >= 0.3 is 0 Å². The summed E-state index contributed by atoms with van der Waals surface area (Å²) >= 11 is 6.86. The molecule has 28 heavy (non-hydrogen) atoms. The number of para-hydroxylation sites is 1. The number of thiocarbonyl (C=S) groups is 1. The lowest BCUT2D eigenvalue weighted by atomic mass is 9.98. The highest BCUT2D eigenvalue weighted by atomic mass is 32.2. The van der Waals surface area contributed by atoms with E-state index in [0.29, 0.717) is 15.1 Å². The lowest BCUT2D eigenvalue weighted by Gasteiger charge is -2.26. The first-order chi connectivity index (χ1) is 13.7. The number of hydrogen-bond acceptors (Lipinski definition) is 5. The van der Waals surface area contributed by atoms with Gasteiger partial charge in [-0.1, -0.05) is 54.3 Å². The van der Waals surface area contributed by atoms with Crippen LogP contribution in [0.15, 0.2) is 59.5 Å². The summed E-state index contributed by atoms with van der Waals surface area (Å²) in [5, 5.41) is 3.36. The Morgan fingerprint density at radius 3 is 2.46 bits per heavy atom. The van der Waals surface area contributed by atoms with Crippen LogP contribution >= 0.6 is 24.0 Å². The van der Waals surface area contributed by atoms with Crippen molar-refractivity contribution in [3.63, 3.8) is 0 Å². The van der Waals surface area contributed by atoms with E-state index in [1.165, 1.54) is 11.8 Å². The van der Waals surface area contributed by atoms with Crippen molar-refractivity contribution in [2.45, 2.75) is 12.8 Å². The Kier molecular flexibility index (Phi) is 6.10. The van der Waals surface area contributed by atoms with E-state index in [9.17, 15) is 4.79 Å². The maximum Gasteiger partial charge on any atom is 0.266 e. The molecule has 144 valence electrons. The Bertz CT molecular complexity index is 875. The Morgan fingerprint density at radius 2 is 1.75 bits per heavy atom. The average Bonchev–Trinajstić information content (AvgIpc) is 2.98. The van der Waals surface area contributed by atoms with Gasteiger partial charge in [-0.05, 0) is 67.8 Å². The zero-order valence-electron chi connectivity index (χ0n) is 15.5. The second-order valence-electron chi connectivity index (χ2n) is 6.97. The molecule has 0 bridgehead atoms. The van der Waals surface area contributed by atoms with Crippen molar-refractivity contribution in [3.05, 3.63) is 65.1 Å². The normalized spacial score (nSPS) is 19.4. The molecule has 0 spiro atoms. The zero-order chi connectivity index (χ0) is 19.3. The van der Waals surface area contributed by atoms with Gasteiger partial charge in [0.15, 0.2) is 0 Å². The highest BCUT2D eigenvalue weighted by Gasteiger charge is 2.33. The minimum atomic E-state index is 0.0261. The van der Waals surface area contributed by atoms with E-state index in [1.54, 1.807) is 4.90 Å². The number of hydrogen-bond donors (Lipinski definition) is 1. The molecule has 2 aromatic carbocycles. The van der Waals surface area contributed by atoms with Crippen molar-refractivity contribution in [2.75, 3.05) is 19.6 Å². The van der Waals surface area contributed by atoms with Gasteiger partial charge in [0.25, 0.3) is 5.91 Å². The van der Waals surface area contributed by atoms with Crippen molar-refractivity contribution in [1.29, 1.82) is 0 Å². The van der Waals surface area contributed by atoms with Crippen LogP contribution in [-0.2, 0) is 4.79 Å². The van der Waals surface area contributed by atoms with Crippen LogP contribution in [0.1, 0.15) is 18.4 Å². The minimum Gasteiger partial charge on any atom is -0.457 e. The molecule has 6 heteroatoms. The largest absolute Gasteiger partial charge is 0.457 e. The number of nitrogens with one attached hydrogen (secondary N) is 1. The molecule has 2 aliphatic heterocycles. The highest BCUT2D eigenvalue weighted by Crippen LogP contribution is 2.34. The third-order valence-electron chi connectivity index (χ3n) is 4.93. The molecule has 2 aliphatic rings. The standard InChI is InChI=1S/C22H22N2O2S2/c25-21-20(28-22(27)24(21)15-17-10-12-23-13-11-17)14-16-6-8-19(9-7-16)26-18-4-2-1-3-5-18/h1-9,14,17,23H,10-13,15H2/b20-14-. The van der Waals surface area contributed by atoms with Crippen LogP contribution in [0, 0.1) is 5.92 Å². The topological polar surface area (TPSA) is 41.6 Å². The fraction of sp³-hybridized carbons (Fsp3) is 0.273. The van der Waals surface area contributed by atoms with E-state index in [1.807, 2.05) is 60.7 Å². The molecule has 1 amide bonds. The quantitative estimate of drug-likeness (QED) is 0.573. The second kappa shape index (κ2) is 8.90. The molecule has 2 heterocycles. The number of benzene rings is 2. The first-order valence-corrected chi connectivity index (χ1v) is 10.7. The highest BCUT2D eigenvalue weighted by molar-refractivity contribution is 8.26. The Morgan fingerprint density at radius 1 is 1.07 bits per heavy atom. The third kappa shape index (κ3) is 4.63. The summed E-state index contributed by atoms with van der Waals surface area (Å²) in [5.74, 6) is 2.12. The first kappa shape index (κ1) is 19.2. The van der Waals surface area contributed by atoms with Crippen LogP contribution in [-0.4, -0.2) is 34.8 Å². The van der Waals surface area contributed by atoms with Gasteiger partial charge in [0.1, 0.15) is 15.8 Å². The van der Waals surface area contributed by atoms with Gasteiger partial charge in [0.2, 0.25) is 0 Å². The maximum atomic E-state index is 12.8. The molecular formula is C22H22N2O2S2. The lowest BCUT2D eigenvalue weighted by molar-refractivity contribution is -0.122. The molecule has 4 rings (SSSR count). The number of amides is 1. The summed E-state index contributed by atoms with van der Waals surface area (Å²) in [4.78, 5) is 15.3. The van der Waals surface area contributed by atoms with Crippen molar-refractivity contribution >= 4 is 40.3 Å². The summed E-state index contributed by atoms with van der Waals surface area (Å²) in [5.41, 5.74) is 0.961. The number of ether oxygens (including phenoxy) is 1. The Labute approximate surface area is 175 Å². The molecule has 0 aliphatic carbocycles. The summed E-state index contributed by atoms with van der Waals surface area (Å²) in [6.07, 6.45) is 4.10. The molecule has 0 radical (unpaired) electrons. The maximum absolute atomic E-state index is 12.8. The molecule has 2 fully saturated rings. The Hall–Kier alpha value is -2.15. The van der Waals surface area contributed by atoms with Crippen LogP contribution < -0.4 is 10.1 Å². The summed E-state index contributed by atoms with van der Waals surface area (Å²) in [6.45, 7) is 2.77. The monoisotopic (exact) mass is 410 g/mol. The van der Waals surface area contributed by atoms with Crippen molar-refractivity contribution < 1.29 is 9.53 Å². The number of piperidine rings is 1. The minimum absolute atomic E-state index is 0.0261. The predicted molar refractivity (Wildman–Crippen MR) is 118 cm³/mol. The Balaban J connectivity index is 1.42. The predicted octanol–water partition coefficient (Wildman–Crippen LogP) is 4.68. The SMILES string of the molecule is O=C1/C(=C/c2ccc(Oc3ccccc3)cc2)SC(=S)N1CC1CCNCC1. The smallest absolute Gasteiger partial charge is 0.266 e. The van der Waals surface area contributed by atoms with Crippen LogP contribution in [0.25, 0.3) is 6.08 Å². The van der Waals surface area contributed by atoms with Gasteiger partial charge in [-0.15, -0.1) is 0 Å². The van der Waals surface area contributed by atoms with E-state index in [2.05, 4.69) is 5.32 Å². The molecule has 0 aromatic heterocycles. The fourth-order valence-electron chi connectivity index (χ4n) is 3.39. The number of carbonyl (C=O) groups is 1. The third-order valence-corrected chi connectivity index (χ3v) is 6.31. The first-order valence-electron chi connectivity index (χ1n) is 9.48. The molecule has 0 unspecified atom stereocenters. The number of nitrogens with zero attached hydrogens (tertiary/aromatic N) is 1. The fourth-order valence-corrected chi connectivity index (χ4v) is 4.66. The second-order valence-corrected chi connectivity index (χ2v) is 8.65. The van der Waals surface area contributed by atoms with Gasteiger partial charge in [0.05, 0.1) is 4.91 Å². The van der Waals surface area contributed by atoms with Gasteiger partial charge in [-0.2, -0.15) is 0 Å². The van der Waals surface area contributed by atoms with Crippen LogP contribution in [0.4, 0.5) is 0 Å². The molecule has 2 saturated heterocycles. The van der Waals surface area contributed by atoms with Gasteiger partial charge in [0, 0.05) is 6.54 Å². The van der Waals surface area contributed by atoms with E-state index in [4.69, 9.17) is 17.0 Å². The number of carbonyl (C=O) groups excluding carboxylic acids is 1. The van der Waals surface area contributed by atoms with Crippen LogP contribution in [0.5, 0.6) is 11.5 Å². The van der Waals surface area contributed by atoms with E-state index in [-0.39, 0.29) is 5.91 Å². The summed E-state index contributed by atoms with van der Waals surface area (Å²) in [6, 6.07) is 17.4. The molecule has 0 atom stereocenters. The van der Waals surface area contributed by atoms with Crippen molar-refractivity contribution in [2.24, 2.45) is 5.92 Å². The van der Waals surface area contributed by atoms with Gasteiger partial charge in [-0.3, -0.25) is 9.69 Å². The molecule has 1 N–H and O–H groups in total. The van der Waals surface area contributed by atoms with Crippen LogP contribution in [0.2, 0.25) is 0 Å². The number of rotatable bonds is 5. The zero-order valence-corrected chi connectivity index (χ0v) is 17.1. The molecule has 2 aromatic rings. The summed E-state index contributed by atoms with van der Waals surface area (Å²) in [7, 11) is 0. The lowest BCUT2D eigenvalue weighted by Crippen LogP contribution is -2.38. The molecule has 0 saturated carbocycles. The van der Waals surface area contributed by atoms with Crippen molar-refractivity contribution in [1.82, 2.24) is 10.2 Å². The van der Waals surface area contributed by atoms with Gasteiger partial charge < -0.3 is 10.1 Å². The van der Waals surface area contributed by atoms with E-state index < -0.39 is 0 Å². The van der Waals surface area contributed by atoms with Gasteiger partial charge in [-0.25, -0.2) is 0 Å². The van der Waals surface area contributed by atoms with Crippen LogP contribution in [0.3, 0.4) is 0 Å². The molecular weight excluding hydrogens is 388 g/mol. The summed E-state index contributed by atoms with van der Waals surface area (Å²) < 4.78 is 6.48. The molecule has 4 nitrogen and oxygen atoms in total. The average molecular weight is 411 g/mol. The number of thioether (sulfide) groups is 1. The van der Waals surface area contributed by atoms with Crippen molar-refractivity contribution in [3.8, 4) is 11.5 Å². The van der Waals surface area contributed by atoms with E-state index >= 15 is 0 Å².